The molecule has 0 spiro atoms. The monoisotopic (exact) mass is 575 g/mol. The number of hydrogen-bond donors (Lipinski definition) is 1. The van der Waals surface area contributed by atoms with Crippen LogP contribution in [0.5, 0.6) is 17.2 Å². The van der Waals surface area contributed by atoms with Crippen molar-refractivity contribution in [2.45, 2.75) is 66.2 Å². The van der Waals surface area contributed by atoms with Crippen LogP contribution in [0.25, 0.3) is 21.7 Å². The molecule has 9 heteroatoms. The number of benzene rings is 2. The fraction of sp³-hybridized carbons (Fsp3) is 0.424. The molecule has 0 saturated heterocycles. The lowest BCUT2D eigenvalue weighted by Gasteiger charge is -2.25. The first-order valence-electron chi connectivity index (χ1n) is 14.2. The van der Waals surface area contributed by atoms with Crippen LogP contribution in [-0.2, 0) is 11.3 Å². The van der Waals surface area contributed by atoms with Crippen LogP contribution in [0.15, 0.2) is 53.5 Å². The van der Waals surface area contributed by atoms with E-state index in [1.54, 1.807) is 25.0 Å². The number of nitrogens with zero attached hydrogens (tertiary/aromatic N) is 2. The number of carbonyl (C=O) groups excluding carboxylic acids is 1. The van der Waals surface area contributed by atoms with Crippen LogP contribution in [0.3, 0.4) is 0 Å². The molecule has 0 aliphatic heterocycles. The van der Waals surface area contributed by atoms with E-state index in [-0.39, 0.29) is 18.2 Å². The van der Waals surface area contributed by atoms with Gasteiger partial charge < -0.3 is 24.3 Å². The normalized spacial score (nSPS) is 12.4. The van der Waals surface area contributed by atoms with E-state index in [2.05, 4.69) is 24.1 Å². The van der Waals surface area contributed by atoms with Gasteiger partial charge in [-0.15, -0.1) is 0 Å². The van der Waals surface area contributed by atoms with Gasteiger partial charge in [0, 0.05) is 17.0 Å². The Morgan fingerprint density at radius 2 is 1.71 bits per heavy atom. The van der Waals surface area contributed by atoms with E-state index in [0.29, 0.717) is 47.0 Å². The van der Waals surface area contributed by atoms with Crippen LogP contribution in [0, 0.1) is 12.8 Å². The average molecular weight is 576 g/mol. The molecule has 0 saturated carbocycles. The molecule has 1 atom stereocenters. The van der Waals surface area contributed by atoms with Gasteiger partial charge in [-0.05, 0) is 75.9 Å². The van der Waals surface area contributed by atoms with E-state index in [1.807, 2.05) is 70.2 Å². The number of methoxy groups -OCH3 is 2. The van der Waals surface area contributed by atoms with Gasteiger partial charge in [0.15, 0.2) is 11.5 Å². The molecular weight excluding hydrogens is 534 g/mol. The summed E-state index contributed by atoms with van der Waals surface area (Å²) in [6.07, 6.45) is 1.90. The topological polar surface area (TPSA) is 101 Å². The summed E-state index contributed by atoms with van der Waals surface area (Å²) >= 11 is 0. The number of alkyl carbamates (subject to hydrolysis) is 1. The Bertz CT molecular complexity index is 1620. The number of rotatable bonds is 10. The maximum Gasteiger partial charge on any atom is 0.407 e. The Morgan fingerprint density at radius 3 is 2.33 bits per heavy atom. The highest BCUT2D eigenvalue weighted by Crippen LogP contribution is 2.38. The van der Waals surface area contributed by atoms with Crippen molar-refractivity contribution in [3.63, 3.8) is 0 Å². The smallest absolute Gasteiger partial charge is 0.407 e. The quantitative estimate of drug-likeness (QED) is 0.223. The first-order chi connectivity index (χ1) is 19.9. The van der Waals surface area contributed by atoms with Gasteiger partial charge in [0.2, 0.25) is 0 Å². The van der Waals surface area contributed by atoms with Crippen molar-refractivity contribution >= 4 is 27.8 Å². The lowest BCUT2D eigenvalue weighted by Crippen LogP contribution is -2.42. The second-order valence-corrected chi connectivity index (χ2v) is 11.8. The molecule has 42 heavy (non-hydrogen) atoms. The summed E-state index contributed by atoms with van der Waals surface area (Å²) < 4.78 is 24.7. The Kier molecular flexibility index (Phi) is 9.29. The SMILES string of the molecule is COc1ccc(Cn2c(=O)c3c(C)nccc3c3ccc(OCC(CC(C)C)NC(=O)OC(C)(C)C)c(OC)c32)cc1. The number of carbonyl (C=O) groups is 1. The summed E-state index contributed by atoms with van der Waals surface area (Å²) in [7, 11) is 3.18. The molecule has 0 aliphatic carbocycles. The molecule has 0 aliphatic rings. The van der Waals surface area contributed by atoms with Crippen molar-refractivity contribution in [2.24, 2.45) is 5.92 Å². The van der Waals surface area contributed by atoms with Crippen molar-refractivity contribution in [1.82, 2.24) is 14.9 Å². The number of nitrogens with one attached hydrogen (secondary N) is 1. The number of ether oxygens (including phenoxy) is 4. The lowest BCUT2D eigenvalue weighted by molar-refractivity contribution is 0.0480. The van der Waals surface area contributed by atoms with Crippen molar-refractivity contribution in [3.8, 4) is 17.2 Å². The Hall–Kier alpha value is -4.27. The first kappa shape index (κ1) is 30.7. The molecule has 2 aromatic carbocycles. The van der Waals surface area contributed by atoms with E-state index in [0.717, 1.165) is 22.1 Å². The highest BCUT2D eigenvalue weighted by atomic mass is 16.6. The fourth-order valence-corrected chi connectivity index (χ4v) is 5.11. The van der Waals surface area contributed by atoms with E-state index in [4.69, 9.17) is 18.9 Å². The maximum absolute atomic E-state index is 14.0. The van der Waals surface area contributed by atoms with Gasteiger partial charge in [0.05, 0.1) is 43.4 Å². The first-order valence-corrected chi connectivity index (χ1v) is 14.2. The van der Waals surface area contributed by atoms with E-state index in [9.17, 15) is 9.59 Å². The minimum atomic E-state index is -0.612. The minimum absolute atomic E-state index is 0.168. The van der Waals surface area contributed by atoms with E-state index < -0.39 is 11.7 Å². The summed E-state index contributed by atoms with van der Waals surface area (Å²) in [6.45, 7) is 12.0. The van der Waals surface area contributed by atoms with Crippen LogP contribution < -0.4 is 25.1 Å². The number of hydrogen-bond acceptors (Lipinski definition) is 7. The summed E-state index contributed by atoms with van der Waals surface area (Å²) in [4.78, 5) is 31.0. The fourth-order valence-electron chi connectivity index (χ4n) is 5.11. The largest absolute Gasteiger partial charge is 0.497 e. The predicted molar refractivity (Wildman–Crippen MR) is 165 cm³/mol. The standard InChI is InChI=1S/C33H41N3O6/c1-20(2)17-23(35-32(38)42-33(4,5)6)19-41-27-14-13-26-25-15-16-34-21(3)28(25)31(37)36(29(26)30(27)40-8)18-22-9-11-24(39-7)12-10-22/h9-16,20,23H,17-19H2,1-8H3,(H,35,38). The Labute approximate surface area is 246 Å². The molecule has 0 radical (unpaired) electrons. The Morgan fingerprint density at radius 1 is 1.00 bits per heavy atom. The molecule has 224 valence electrons. The molecule has 2 aromatic heterocycles. The third kappa shape index (κ3) is 6.95. The zero-order chi connectivity index (χ0) is 30.6. The minimum Gasteiger partial charge on any atom is -0.497 e. The summed E-state index contributed by atoms with van der Waals surface area (Å²) in [5, 5.41) is 5.15. The third-order valence-electron chi connectivity index (χ3n) is 6.88. The molecular formula is C33H41N3O6. The summed E-state index contributed by atoms with van der Waals surface area (Å²) in [5.74, 6) is 1.96. The molecule has 1 unspecified atom stereocenters. The summed E-state index contributed by atoms with van der Waals surface area (Å²) in [6, 6.07) is 12.9. The molecule has 4 rings (SSSR count). The molecule has 1 amide bonds. The van der Waals surface area contributed by atoms with Gasteiger partial charge in [-0.1, -0.05) is 26.0 Å². The van der Waals surface area contributed by atoms with Crippen LogP contribution in [0.2, 0.25) is 0 Å². The van der Waals surface area contributed by atoms with Crippen molar-refractivity contribution in [2.75, 3.05) is 20.8 Å². The Balaban J connectivity index is 1.80. The van der Waals surface area contributed by atoms with Gasteiger partial charge >= 0.3 is 6.09 Å². The average Bonchev–Trinajstić information content (AvgIpc) is 2.92. The maximum atomic E-state index is 14.0. The van der Waals surface area contributed by atoms with E-state index in [1.165, 1.54) is 0 Å². The highest BCUT2D eigenvalue weighted by Gasteiger charge is 2.23. The molecule has 0 fully saturated rings. The van der Waals surface area contributed by atoms with Crippen LogP contribution in [0.1, 0.15) is 52.3 Å². The molecule has 4 aromatic rings. The van der Waals surface area contributed by atoms with Crippen LogP contribution in [0.4, 0.5) is 4.79 Å². The number of fused-ring (bicyclic) bond motifs is 3. The van der Waals surface area contributed by atoms with E-state index >= 15 is 0 Å². The highest BCUT2D eigenvalue weighted by molar-refractivity contribution is 6.08. The van der Waals surface area contributed by atoms with Crippen molar-refractivity contribution < 1.29 is 23.7 Å². The molecule has 1 N–H and O–H groups in total. The second-order valence-electron chi connectivity index (χ2n) is 11.8. The number of aryl methyl sites for hydroxylation is 1. The molecule has 0 bridgehead atoms. The van der Waals surface area contributed by atoms with Crippen LogP contribution in [-0.4, -0.2) is 48.1 Å². The zero-order valence-electron chi connectivity index (χ0n) is 25.7. The third-order valence-corrected chi connectivity index (χ3v) is 6.88. The molecule has 2 heterocycles. The number of aromatic nitrogens is 2. The van der Waals surface area contributed by atoms with Crippen LogP contribution >= 0.6 is 0 Å². The second kappa shape index (κ2) is 12.7. The van der Waals surface area contributed by atoms with Gasteiger partial charge in [-0.25, -0.2) is 4.79 Å². The lowest BCUT2D eigenvalue weighted by atomic mass is 10.0. The van der Waals surface area contributed by atoms with Gasteiger partial charge in [-0.2, -0.15) is 0 Å². The number of amides is 1. The zero-order valence-corrected chi connectivity index (χ0v) is 25.7. The van der Waals surface area contributed by atoms with Gasteiger partial charge in [0.1, 0.15) is 18.0 Å². The van der Waals surface area contributed by atoms with Gasteiger partial charge in [0.25, 0.3) is 5.56 Å². The van der Waals surface area contributed by atoms with Crippen molar-refractivity contribution in [1.29, 1.82) is 0 Å². The predicted octanol–water partition coefficient (Wildman–Crippen LogP) is 6.24. The van der Waals surface area contributed by atoms with Crippen molar-refractivity contribution in [3.05, 3.63) is 70.3 Å². The molecule has 9 nitrogen and oxygen atoms in total. The van der Waals surface area contributed by atoms with Gasteiger partial charge in [-0.3, -0.25) is 14.3 Å². The summed E-state index contributed by atoms with van der Waals surface area (Å²) in [5.41, 5.74) is 1.42. The number of pyridine rings is 2.